The highest BCUT2D eigenvalue weighted by molar-refractivity contribution is 5.99. The molecule has 25 heavy (non-hydrogen) atoms. The lowest BCUT2D eigenvalue weighted by molar-refractivity contribution is -0.115. The molecule has 0 saturated carbocycles. The molecule has 124 valence electrons. The number of nitrogens with zero attached hydrogens (tertiary/aromatic N) is 2. The molecule has 1 amide bonds. The van der Waals surface area contributed by atoms with Gasteiger partial charge in [-0.05, 0) is 18.2 Å². The van der Waals surface area contributed by atoms with Gasteiger partial charge in [0.25, 0.3) is 0 Å². The molecule has 0 aliphatic carbocycles. The van der Waals surface area contributed by atoms with Crippen LogP contribution in [0.3, 0.4) is 0 Å². The molecule has 0 bridgehead atoms. The second-order valence-corrected chi connectivity index (χ2v) is 5.66. The Labute approximate surface area is 144 Å². The summed E-state index contributed by atoms with van der Waals surface area (Å²) in [6.45, 7) is 0. The van der Waals surface area contributed by atoms with Crippen molar-refractivity contribution in [2.24, 2.45) is 0 Å². The largest absolute Gasteiger partial charge is 0.495 e. The third kappa shape index (κ3) is 2.89. The number of benzene rings is 2. The third-order valence-electron chi connectivity index (χ3n) is 4.03. The van der Waals surface area contributed by atoms with E-state index in [2.05, 4.69) is 20.6 Å². The number of carbonyl (C=O) groups excluding carboxylic acids is 1. The van der Waals surface area contributed by atoms with Gasteiger partial charge in [-0.3, -0.25) is 4.79 Å². The molecule has 6 nitrogen and oxygen atoms in total. The first-order valence-electron chi connectivity index (χ1n) is 7.90. The number of ether oxygens (including phenoxy) is 1. The van der Waals surface area contributed by atoms with Gasteiger partial charge < -0.3 is 15.4 Å². The summed E-state index contributed by atoms with van der Waals surface area (Å²) in [7, 11) is 1.62. The molecule has 0 fully saturated rings. The number of carbonyl (C=O) groups is 1. The standard InChI is InChI=1S/C19H16N4O2/c1-25-16-9-5-4-8-15(16)22-19-20-11-12-10-17(24)21-14-7-3-2-6-13(14)18(12)23-19/h2-9,11H,10H2,1H3,(H,21,24)(H,20,22,23). The number of aromatic nitrogens is 2. The molecule has 0 unspecified atom stereocenters. The van der Waals surface area contributed by atoms with Crippen molar-refractivity contribution < 1.29 is 9.53 Å². The van der Waals surface area contributed by atoms with Gasteiger partial charge >= 0.3 is 0 Å². The second kappa shape index (κ2) is 6.24. The zero-order valence-electron chi connectivity index (χ0n) is 13.6. The minimum absolute atomic E-state index is 0.0692. The molecule has 0 spiro atoms. The molecule has 4 rings (SSSR count). The Morgan fingerprint density at radius 3 is 2.80 bits per heavy atom. The molecule has 0 radical (unpaired) electrons. The molecule has 1 aliphatic rings. The summed E-state index contributed by atoms with van der Waals surface area (Å²) in [5, 5.41) is 6.09. The van der Waals surface area contributed by atoms with E-state index in [-0.39, 0.29) is 12.3 Å². The normalized spacial score (nSPS) is 12.4. The van der Waals surface area contributed by atoms with Crippen LogP contribution in [-0.4, -0.2) is 23.0 Å². The maximum atomic E-state index is 12.1. The Bertz CT molecular complexity index is 956. The Morgan fingerprint density at radius 1 is 1.12 bits per heavy atom. The summed E-state index contributed by atoms with van der Waals surface area (Å²) in [5.41, 5.74) is 3.97. The first kappa shape index (κ1) is 15.1. The lowest BCUT2D eigenvalue weighted by Gasteiger charge is -2.12. The Hall–Kier alpha value is -3.41. The molecule has 6 heteroatoms. The quantitative estimate of drug-likeness (QED) is 0.769. The van der Waals surface area contributed by atoms with Gasteiger partial charge in [-0.15, -0.1) is 0 Å². The van der Waals surface area contributed by atoms with Crippen LogP contribution in [0.1, 0.15) is 5.56 Å². The summed E-state index contributed by atoms with van der Waals surface area (Å²) in [6, 6.07) is 15.2. The van der Waals surface area contributed by atoms with Gasteiger partial charge in [-0.1, -0.05) is 30.3 Å². The average Bonchev–Trinajstić information content (AvgIpc) is 2.77. The van der Waals surface area contributed by atoms with Gasteiger partial charge in [-0.25, -0.2) is 9.97 Å². The van der Waals surface area contributed by atoms with E-state index in [4.69, 9.17) is 4.74 Å². The van der Waals surface area contributed by atoms with Crippen LogP contribution in [0, 0.1) is 0 Å². The number of nitrogens with one attached hydrogen (secondary N) is 2. The highest BCUT2D eigenvalue weighted by Gasteiger charge is 2.20. The summed E-state index contributed by atoms with van der Waals surface area (Å²) < 4.78 is 5.35. The molecule has 2 aromatic carbocycles. The number of rotatable bonds is 3. The van der Waals surface area contributed by atoms with Crippen molar-refractivity contribution in [2.75, 3.05) is 17.7 Å². The van der Waals surface area contributed by atoms with Crippen LogP contribution in [0.25, 0.3) is 11.3 Å². The summed E-state index contributed by atoms with van der Waals surface area (Å²) >= 11 is 0. The lowest BCUT2D eigenvalue weighted by atomic mass is 10.1. The minimum Gasteiger partial charge on any atom is -0.495 e. The lowest BCUT2D eigenvalue weighted by Crippen LogP contribution is -2.12. The fourth-order valence-corrected chi connectivity index (χ4v) is 2.86. The number of amides is 1. The van der Waals surface area contributed by atoms with Crippen LogP contribution >= 0.6 is 0 Å². The van der Waals surface area contributed by atoms with Crippen LogP contribution < -0.4 is 15.4 Å². The molecule has 1 aliphatic heterocycles. The fourth-order valence-electron chi connectivity index (χ4n) is 2.86. The van der Waals surface area contributed by atoms with E-state index in [0.29, 0.717) is 11.7 Å². The predicted molar refractivity (Wildman–Crippen MR) is 96.1 cm³/mol. The van der Waals surface area contributed by atoms with Gasteiger partial charge in [0.1, 0.15) is 5.75 Å². The first-order valence-corrected chi connectivity index (χ1v) is 7.90. The molecule has 2 heterocycles. The number of hydrogen-bond acceptors (Lipinski definition) is 5. The highest BCUT2D eigenvalue weighted by atomic mass is 16.5. The van der Waals surface area contributed by atoms with E-state index >= 15 is 0 Å². The minimum atomic E-state index is -0.0692. The monoisotopic (exact) mass is 332 g/mol. The van der Waals surface area contributed by atoms with Crippen molar-refractivity contribution in [3.05, 3.63) is 60.3 Å². The zero-order valence-corrected chi connectivity index (χ0v) is 13.6. The van der Waals surface area contributed by atoms with Gasteiger partial charge in [0.15, 0.2) is 0 Å². The molecular formula is C19H16N4O2. The number of para-hydroxylation sites is 3. The van der Waals surface area contributed by atoms with Crippen LogP contribution in [0.2, 0.25) is 0 Å². The average molecular weight is 332 g/mol. The van der Waals surface area contributed by atoms with E-state index in [1.807, 2.05) is 48.5 Å². The maximum absolute atomic E-state index is 12.1. The highest BCUT2D eigenvalue weighted by Crippen LogP contribution is 2.33. The van der Waals surface area contributed by atoms with Gasteiger partial charge in [0.2, 0.25) is 11.9 Å². The van der Waals surface area contributed by atoms with Crippen LogP contribution in [0.4, 0.5) is 17.3 Å². The topological polar surface area (TPSA) is 76.1 Å². The molecule has 0 saturated heterocycles. The Kier molecular flexibility index (Phi) is 3.78. The molecule has 1 aromatic heterocycles. The van der Waals surface area contributed by atoms with E-state index in [1.165, 1.54) is 0 Å². The zero-order chi connectivity index (χ0) is 17.2. The van der Waals surface area contributed by atoms with E-state index in [0.717, 1.165) is 28.2 Å². The van der Waals surface area contributed by atoms with Crippen molar-refractivity contribution >= 4 is 23.2 Å². The van der Waals surface area contributed by atoms with Crippen molar-refractivity contribution in [3.63, 3.8) is 0 Å². The van der Waals surface area contributed by atoms with E-state index in [1.54, 1.807) is 13.3 Å². The summed E-state index contributed by atoms with van der Waals surface area (Å²) in [5.74, 6) is 1.09. The van der Waals surface area contributed by atoms with Crippen molar-refractivity contribution in [1.29, 1.82) is 0 Å². The smallest absolute Gasteiger partial charge is 0.228 e. The van der Waals surface area contributed by atoms with Gasteiger partial charge in [0, 0.05) is 17.3 Å². The van der Waals surface area contributed by atoms with Crippen LogP contribution in [0.5, 0.6) is 5.75 Å². The molecule has 3 aromatic rings. The molecule has 2 N–H and O–H groups in total. The Morgan fingerprint density at radius 2 is 1.92 bits per heavy atom. The van der Waals surface area contributed by atoms with Crippen LogP contribution in [-0.2, 0) is 11.2 Å². The second-order valence-electron chi connectivity index (χ2n) is 5.66. The molecule has 0 atom stereocenters. The first-order chi connectivity index (χ1) is 12.2. The molecular weight excluding hydrogens is 316 g/mol. The van der Waals surface area contributed by atoms with E-state index < -0.39 is 0 Å². The van der Waals surface area contributed by atoms with Gasteiger partial charge in [0.05, 0.1) is 30.6 Å². The SMILES string of the molecule is COc1ccccc1Nc1ncc2c(n1)-c1ccccc1NC(=O)C2. The maximum Gasteiger partial charge on any atom is 0.228 e. The number of hydrogen-bond donors (Lipinski definition) is 2. The van der Waals surface area contributed by atoms with Gasteiger partial charge in [-0.2, -0.15) is 0 Å². The van der Waals surface area contributed by atoms with Crippen molar-refractivity contribution in [2.45, 2.75) is 6.42 Å². The Balaban J connectivity index is 1.78. The van der Waals surface area contributed by atoms with Crippen molar-refractivity contribution in [3.8, 4) is 17.0 Å². The predicted octanol–water partition coefficient (Wildman–Crippen LogP) is 3.39. The van der Waals surface area contributed by atoms with E-state index in [9.17, 15) is 4.79 Å². The summed E-state index contributed by atoms with van der Waals surface area (Å²) in [6.07, 6.45) is 1.95. The fraction of sp³-hybridized carbons (Fsp3) is 0.105. The van der Waals surface area contributed by atoms with Crippen molar-refractivity contribution in [1.82, 2.24) is 9.97 Å². The van der Waals surface area contributed by atoms with Crippen LogP contribution in [0.15, 0.2) is 54.7 Å². The number of fused-ring (bicyclic) bond motifs is 3. The number of methoxy groups -OCH3 is 1. The number of anilines is 3. The third-order valence-corrected chi connectivity index (χ3v) is 4.03. The summed E-state index contributed by atoms with van der Waals surface area (Å²) in [4.78, 5) is 21.1.